The van der Waals surface area contributed by atoms with Crippen LogP contribution in [-0.4, -0.2) is 54.5 Å². The van der Waals surface area contributed by atoms with Crippen LogP contribution in [0.25, 0.3) is 0 Å². The largest absolute Gasteiger partial charge is 0.299 e. The molecule has 1 unspecified atom stereocenters. The molecule has 0 aliphatic carbocycles. The molecule has 3 rings (SSSR count). The Bertz CT molecular complexity index is 198. The van der Waals surface area contributed by atoms with Gasteiger partial charge in [-0.05, 0) is 32.9 Å². The number of hydrogen-bond acceptors (Lipinski definition) is 4. The lowest BCUT2D eigenvalue weighted by molar-refractivity contribution is 0.101. The van der Waals surface area contributed by atoms with E-state index in [9.17, 15) is 0 Å². The SMILES string of the molecule is CC1N2CCCN[C@@H]2[C@@H]2NCCCN12. The second-order valence-electron chi connectivity index (χ2n) is 4.61. The monoisotopic (exact) mass is 196 g/mol. The molecule has 3 aliphatic rings. The first-order valence-electron chi connectivity index (χ1n) is 5.86. The maximum Gasteiger partial charge on any atom is 0.0906 e. The summed E-state index contributed by atoms with van der Waals surface area (Å²) in [4.78, 5) is 5.21. The highest BCUT2D eigenvalue weighted by Crippen LogP contribution is 2.27. The number of hydrogen-bond donors (Lipinski definition) is 2. The van der Waals surface area contributed by atoms with Gasteiger partial charge in [-0.3, -0.25) is 20.4 Å². The highest BCUT2D eigenvalue weighted by atomic mass is 15.5. The molecule has 3 aliphatic heterocycles. The predicted molar refractivity (Wildman–Crippen MR) is 55.7 cm³/mol. The van der Waals surface area contributed by atoms with Gasteiger partial charge in [-0.2, -0.15) is 0 Å². The summed E-state index contributed by atoms with van der Waals surface area (Å²) >= 11 is 0. The van der Waals surface area contributed by atoms with E-state index in [4.69, 9.17) is 0 Å². The molecular weight excluding hydrogens is 176 g/mol. The normalized spacial score (nSPS) is 44.8. The molecule has 80 valence electrons. The van der Waals surface area contributed by atoms with Crippen molar-refractivity contribution < 1.29 is 0 Å². The van der Waals surface area contributed by atoms with Crippen molar-refractivity contribution in [3.05, 3.63) is 0 Å². The van der Waals surface area contributed by atoms with Crippen molar-refractivity contribution >= 4 is 0 Å². The summed E-state index contributed by atoms with van der Waals surface area (Å²) in [5, 5.41) is 7.26. The van der Waals surface area contributed by atoms with Gasteiger partial charge in [0.1, 0.15) is 0 Å². The predicted octanol–water partition coefficient (Wildman–Crippen LogP) is -0.411. The van der Waals surface area contributed by atoms with E-state index in [0.29, 0.717) is 18.5 Å². The van der Waals surface area contributed by atoms with Crippen LogP contribution in [0.2, 0.25) is 0 Å². The Morgan fingerprint density at radius 2 is 1.43 bits per heavy atom. The van der Waals surface area contributed by atoms with Crippen molar-refractivity contribution in [3.63, 3.8) is 0 Å². The van der Waals surface area contributed by atoms with Crippen LogP contribution in [0, 0.1) is 0 Å². The first-order chi connectivity index (χ1) is 6.88. The molecule has 3 saturated heterocycles. The Morgan fingerprint density at radius 3 is 1.93 bits per heavy atom. The Labute approximate surface area is 85.6 Å². The molecule has 3 heterocycles. The molecule has 0 bridgehead atoms. The van der Waals surface area contributed by atoms with Crippen LogP contribution in [0.4, 0.5) is 0 Å². The van der Waals surface area contributed by atoms with Crippen molar-refractivity contribution in [2.75, 3.05) is 26.2 Å². The van der Waals surface area contributed by atoms with Crippen LogP contribution in [-0.2, 0) is 0 Å². The summed E-state index contributed by atoms with van der Waals surface area (Å²) in [5.41, 5.74) is 0. The van der Waals surface area contributed by atoms with Gasteiger partial charge >= 0.3 is 0 Å². The zero-order valence-corrected chi connectivity index (χ0v) is 8.87. The quantitative estimate of drug-likeness (QED) is 0.551. The Morgan fingerprint density at radius 1 is 0.929 bits per heavy atom. The van der Waals surface area contributed by atoms with Crippen LogP contribution in [0.15, 0.2) is 0 Å². The summed E-state index contributed by atoms with van der Waals surface area (Å²) in [6, 6.07) is 0. The van der Waals surface area contributed by atoms with Crippen molar-refractivity contribution in [2.24, 2.45) is 0 Å². The fourth-order valence-corrected chi connectivity index (χ4v) is 3.15. The molecule has 3 atom stereocenters. The average molecular weight is 196 g/mol. The second-order valence-corrected chi connectivity index (χ2v) is 4.61. The van der Waals surface area contributed by atoms with E-state index >= 15 is 0 Å². The van der Waals surface area contributed by atoms with Crippen LogP contribution >= 0.6 is 0 Å². The Balaban J connectivity index is 1.83. The number of nitrogens with zero attached hydrogens (tertiary/aromatic N) is 2. The van der Waals surface area contributed by atoms with Gasteiger partial charge in [-0.25, -0.2) is 0 Å². The van der Waals surface area contributed by atoms with Gasteiger partial charge in [0.25, 0.3) is 0 Å². The molecule has 0 aromatic carbocycles. The topological polar surface area (TPSA) is 30.5 Å². The molecule has 4 nitrogen and oxygen atoms in total. The molecule has 0 amide bonds. The van der Waals surface area contributed by atoms with Gasteiger partial charge in [-0.15, -0.1) is 0 Å². The maximum absolute atomic E-state index is 3.63. The average Bonchev–Trinajstić information content (AvgIpc) is 2.55. The van der Waals surface area contributed by atoms with Crippen LogP contribution in [0.1, 0.15) is 19.8 Å². The Kier molecular flexibility index (Phi) is 2.24. The van der Waals surface area contributed by atoms with Crippen molar-refractivity contribution in [1.82, 2.24) is 20.4 Å². The fraction of sp³-hybridized carbons (Fsp3) is 1.00. The number of fused-ring (bicyclic) bond motifs is 3. The lowest BCUT2D eigenvalue weighted by atomic mass is 10.2. The minimum Gasteiger partial charge on any atom is -0.299 e. The third-order valence-electron chi connectivity index (χ3n) is 3.87. The molecule has 0 radical (unpaired) electrons. The van der Waals surface area contributed by atoms with Gasteiger partial charge in [-0.1, -0.05) is 0 Å². The van der Waals surface area contributed by atoms with Crippen LogP contribution in [0.5, 0.6) is 0 Å². The van der Waals surface area contributed by atoms with Crippen molar-refractivity contribution in [2.45, 2.75) is 38.3 Å². The molecule has 0 saturated carbocycles. The zero-order chi connectivity index (χ0) is 9.54. The molecule has 0 aromatic heterocycles. The molecule has 3 fully saturated rings. The zero-order valence-electron chi connectivity index (χ0n) is 8.87. The van der Waals surface area contributed by atoms with Gasteiger partial charge in [0.05, 0.1) is 18.5 Å². The third kappa shape index (κ3) is 1.21. The Hall–Kier alpha value is -0.160. The first-order valence-corrected chi connectivity index (χ1v) is 5.86. The summed E-state index contributed by atoms with van der Waals surface area (Å²) in [7, 11) is 0. The smallest absolute Gasteiger partial charge is 0.0906 e. The molecule has 14 heavy (non-hydrogen) atoms. The summed E-state index contributed by atoms with van der Waals surface area (Å²) in [6.07, 6.45) is 4.31. The number of rotatable bonds is 0. The minimum absolute atomic E-state index is 0.555. The van der Waals surface area contributed by atoms with Gasteiger partial charge in [0, 0.05) is 13.1 Å². The van der Waals surface area contributed by atoms with Crippen LogP contribution in [0.3, 0.4) is 0 Å². The van der Waals surface area contributed by atoms with Crippen LogP contribution < -0.4 is 10.6 Å². The van der Waals surface area contributed by atoms with E-state index in [0.717, 1.165) is 0 Å². The molecule has 2 N–H and O–H groups in total. The number of nitrogens with one attached hydrogen (secondary N) is 2. The lowest BCUT2D eigenvalue weighted by Gasteiger charge is -2.35. The fourth-order valence-electron chi connectivity index (χ4n) is 3.15. The van der Waals surface area contributed by atoms with Crippen molar-refractivity contribution in [1.29, 1.82) is 0 Å². The molecule has 0 spiro atoms. The molecule has 4 heteroatoms. The second kappa shape index (κ2) is 3.45. The standard InChI is InChI=1S/C10H20N4/c1-8-13-6-2-4-11-9(13)10-12-5-3-7-14(8)10/h8-12H,2-7H2,1H3/t8?,9-,10+. The van der Waals surface area contributed by atoms with Crippen molar-refractivity contribution in [3.8, 4) is 0 Å². The maximum atomic E-state index is 3.63. The minimum atomic E-state index is 0.555. The van der Waals surface area contributed by atoms with E-state index in [-0.39, 0.29) is 0 Å². The third-order valence-corrected chi connectivity index (χ3v) is 3.87. The highest BCUT2D eigenvalue weighted by molar-refractivity contribution is 4.97. The molecular formula is C10H20N4. The van der Waals surface area contributed by atoms with Gasteiger partial charge < -0.3 is 0 Å². The van der Waals surface area contributed by atoms with E-state index in [1.807, 2.05) is 0 Å². The summed E-state index contributed by atoms with van der Waals surface area (Å²) in [5.74, 6) is 0. The van der Waals surface area contributed by atoms with E-state index in [1.54, 1.807) is 0 Å². The van der Waals surface area contributed by atoms with E-state index in [2.05, 4.69) is 27.4 Å². The highest BCUT2D eigenvalue weighted by Gasteiger charge is 2.46. The van der Waals surface area contributed by atoms with E-state index < -0.39 is 0 Å². The summed E-state index contributed by atoms with van der Waals surface area (Å²) in [6.45, 7) is 7.22. The van der Waals surface area contributed by atoms with E-state index in [1.165, 1.54) is 39.0 Å². The van der Waals surface area contributed by atoms with Gasteiger partial charge in [0.15, 0.2) is 0 Å². The summed E-state index contributed by atoms with van der Waals surface area (Å²) < 4.78 is 0. The molecule has 0 aromatic rings. The lowest BCUT2D eigenvalue weighted by Crippen LogP contribution is -2.59. The first kappa shape index (κ1) is 9.09. The van der Waals surface area contributed by atoms with Gasteiger partial charge in [0.2, 0.25) is 0 Å².